The molecule has 0 spiro atoms. The first-order valence-corrected chi connectivity index (χ1v) is 7.75. The average Bonchev–Trinajstić information content (AvgIpc) is 3.18. The van der Waals surface area contributed by atoms with E-state index in [1.165, 1.54) is 0 Å². The Hall–Kier alpha value is -0.610. The van der Waals surface area contributed by atoms with Gasteiger partial charge < -0.3 is 15.0 Å². The molecule has 2 unspecified atom stereocenters. The number of ether oxygens (including phenoxy) is 1. The van der Waals surface area contributed by atoms with Crippen LogP contribution in [-0.2, 0) is 9.53 Å². The van der Waals surface area contributed by atoms with Gasteiger partial charge in [0.1, 0.15) is 5.54 Å². The molecule has 1 fully saturated rings. The van der Waals surface area contributed by atoms with Crippen LogP contribution in [-0.4, -0.2) is 49.7 Å². The minimum Gasteiger partial charge on any atom is -0.465 e. The summed E-state index contributed by atoms with van der Waals surface area (Å²) in [6, 6.07) is 0.392. The summed E-state index contributed by atoms with van der Waals surface area (Å²) in [5.74, 6) is 0.305. The van der Waals surface area contributed by atoms with E-state index in [1.807, 2.05) is 14.0 Å². The third kappa shape index (κ3) is 3.73. The van der Waals surface area contributed by atoms with Gasteiger partial charge in [0.15, 0.2) is 0 Å². The molecule has 2 atom stereocenters. The maximum atomic E-state index is 12.5. The SMILES string of the molecule is CCOC(=O)C(CN(C)C(C)C(C)(C)C)(NC)C1CC1. The second-order valence-corrected chi connectivity index (χ2v) is 7.17. The molecule has 0 aromatic rings. The number of hydrogen-bond acceptors (Lipinski definition) is 4. The van der Waals surface area contributed by atoms with Crippen molar-refractivity contribution in [3.8, 4) is 0 Å². The number of nitrogens with one attached hydrogen (secondary N) is 1. The largest absolute Gasteiger partial charge is 0.465 e. The van der Waals surface area contributed by atoms with Crippen LogP contribution < -0.4 is 5.32 Å². The Kier molecular flexibility index (Phi) is 5.61. The number of nitrogens with zero attached hydrogens (tertiary/aromatic N) is 1. The van der Waals surface area contributed by atoms with Gasteiger partial charge in [-0.3, -0.25) is 0 Å². The Bertz CT molecular complexity index is 334. The fourth-order valence-electron chi connectivity index (χ4n) is 2.77. The van der Waals surface area contributed by atoms with E-state index in [9.17, 15) is 4.79 Å². The summed E-state index contributed by atoms with van der Waals surface area (Å²) in [7, 11) is 3.98. The molecule has 0 aromatic carbocycles. The minimum absolute atomic E-state index is 0.0991. The second kappa shape index (κ2) is 6.44. The molecule has 0 heterocycles. The summed E-state index contributed by atoms with van der Waals surface area (Å²) in [5, 5.41) is 3.28. The van der Waals surface area contributed by atoms with Crippen molar-refractivity contribution in [2.45, 2.75) is 59.0 Å². The van der Waals surface area contributed by atoms with Crippen LogP contribution in [0, 0.1) is 11.3 Å². The zero-order chi connectivity index (χ0) is 15.6. The van der Waals surface area contributed by atoms with E-state index >= 15 is 0 Å². The van der Waals surface area contributed by atoms with E-state index < -0.39 is 5.54 Å². The Morgan fingerprint density at radius 2 is 1.95 bits per heavy atom. The standard InChI is InChI=1S/C16H32N2O2/c1-8-20-14(19)16(17-6,13-9-10-13)11-18(7)12(2)15(3,4)5/h12-13,17H,8-11H2,1-7H3. The molecule has 0 aliphatic heterocycles. The van der Waals surface area contributed by atoms with Crippen LogP contribution >= 0.6 is 0 Å². The third-order valence-electron chi connectivity index (χ3n) is 4.77. The molecule has 1 rings (SSSR count). The first-order chi connectivity index (χ1) is 9.19. The van der Waals surface area contributed by atoms with Gasteiger partial charge in [-0.15, -0.1) is 0 Å². The van der Waals surface area contributed by atoms with Crippen molar-refractivity contribution in [3.63, 3.8) is 0 Å². The van der Waals surface area contributed by atoms with Gasteiger partial charge in [-0.2, -0.15) is 0 Å². The molecule has 0 radical (unpaired) electrons. The van der Waals surface area contributed by atoms with Crippen LogP contribution in [0.2, 0.25) is 0 Å². The number of esters is 1. The van der Waals surface area contributed by atoms with Crippen molar-refractivity contribution in [2.75, 3.05) is 27.2 Å². The summed E-state index contributed by atoms with van der Waals surface area (Å²) < 4.78 is 5.34. The van der Waals surface area contributed by atoms with Crippen LogP contribution in [0.1, 0.15) is 47.5 Å². The van der Waals surface area contributed by atoms with Gasteiger partial charge in [-0.25, -0.2) is 4.79 Å². The van der Waals surface area contributed by atoms with Crippen molar-refractivity contribution >= 4 is 5.97 Å². The molecule has 118 valence electrons. The lowest BCUT2D eigenvalue weighted by atomic mass is 9.85. The predicted molar refractivity (Wildman–Crippen MR) is 82.7 cm³/mol. The first-order valence-electron chi connectivity index (χ1n) is 7.75. The summed E-state index contributed by atoms with van der Waals surface area (Å²) in [4.78, 5) is 14.8. The second-order valence-electron chi connectivity index (χ2n) is 7.17. The van der Waals surface area contributed by atoms with Crippen LogP contribution in [0.4, 0.5) is 0 Å². The van der Waals surface area contributed by atoms with Crippen molar-refractivity contribution in [3.05, 3.63) is 0 Å². The van der Waals surface area contributed by atoms with Gasteiger partial charge >= 0.3 is 5.97 Å². The molecular weight excluding hydrogens is 252 g/mol. The van der Waals surface area contributed by atoms with Gasteiger partial charge in [0.05, 0.1) is 6.61 Å². The van der Waals surface area contributed by atoms with E-state index in [0.717, 1.165) is 12.8 Å². The summed E-state index contributed by atoms with van der Waals surface area (Å²) in [5.41, 5.74) is -0.364. The predicted octanol–water partition coefficient (Wildman–Crippen LogP) is 2.28. The Balaban J connectivity index is 2.87. The van der Waals surface area contributed by atoms with E-state index in [4.69, 9.17) is 4.74 Å². The van der Waals surface area contributed by atoms with Gasteiger partial charge in [0.25, 0.3) is 0 Å². The molecule has 1 N–H and O–H groups in total. The van der Waals surface area contributed by atoms with Gasteiger partial charge in [-0.05, 0) is 52.1 Å². The molecule has 1 saturated carbocycles. The van der Waals surface area contributed by atoms with Crippen LogP contribution in [0.25, 0.3) is 0 Å². The Morgan fingerprint density at radius 1 is 1.40 bits per heavy atom. The molecule has 0 aromatic heterocycles. The minimum atomic E-state index is -0.551. The highest BCUT2D eigenvalue weighted by Crippen LogP contribution is 2.41. The van der Waals surface area contributed by atoms with Crippen molar-refractivity contribution in [1.29, 1.82) is 0 Å². The molecule has 0 saturated heterocycles. The number of likely N-dealkylation sites (N-methyl/N-ethyl adjacent to an activating group) is 2. The van der Waals surface area contributed by atoms with E-state index in [2.05, 4.69) is 45.0 Å². The lowest BCUT2D eigenvalue weighted by Gasteiger charge is -2.41. The van der Waals surface area contributed by atoms with Crippen LogP contribution in [0.15, 0.2) is 0 Å². The summed E-state index contributed by atoms with van der Waals surface area (Å²) in [6.45, 7) is 11.9. The van der Waals surface area contributed by atoms with Crippen molar-refractivity contribution in [2.24, 2.45) is 11.3 Å². The normalized spacial score (nSPS) is 20.6. The van der Waals surface area contributed by atoms with Crippen LogP contribution in [0.5, 0.6) is 0 Å². The molecule has 0 bridgehead atoms. The highest BCUT2D eigenvalue weighted by molar-refractivity contribution is 5.82. The smallest absolute Gasteiger partial charge is 0.327 e. The monoisotopic (exact) mass is 284 g/mol. The number of hydrogen-bond donors (Lipinski definition) is 1. The lowest BCUT2D eigenvalue weighted by molar-refractivity contribution is -0.153. The lowest BCUT2D eigenvalue weighted by Crippen LogP contribution is -2.61. The molecule has 0 amide bonds. The quantitative estimate of drug-likeness (QED) is 0.728. The van der Waals surface area contributed by atoms with Gasteiger partial charge in [0.2, 0.25) is 0 Å². The molecule has 1 aliphatic carbocycles. The molecule has 4 nitrogen and oxygen atoms in total. The highest BCUT2D eigenvalue weighted by Gasteiger charge is 2.52. The van der Waals surface area contributed by atoms with Crippen LogP contribution in [0.3, 0.4) is 0 Å². The fraction of sp³-hybridized carbons (Fsp3) is 0.938. The van der Waals surface area contributed by atoms with Crippen molar-refractivity contribution in [1.82, 2.24) is 10.2 Å². The van der Waals surface area contributed by atoms with E-state index in [-0.39, 0.29) is 11.4 Å². The number of carbonyl (C=O) groups is 1. The zero-order valence-corrected chi connectivity index (χ0v) is 14.2. The average molecular weight is 284 g/mol. The molecule has 4 heteroatoms. The topological polar surface area (TPSA) is 41.6 Å². The third-order valence-corrected chi connectivity index (χ3v) is 4.77. The molecular formula is C16H32N2O2. The fourth-order valence-corrected chi connectivity index (χ4v) is 2.77. The van der Waals surface area contributed by atoms with Gasteiger partial charge in [-0.1, -0.05) is 20.8 Å². The highest BCUT2D eigenvalue weighted by atomic mass is 16.5. The maximum Gasteiger partial charge on any atom is 0.327 e. The zero-order valence-electron chi connectivity index (χ0n) is 14.2. The number of carbonyl (C=O) groups excluding carboxylic acids is 1. The Labute approximate surface area is 124 Å². The van der Waals surface area contributed by atoms with E-state index in [1.54, 1.807) is 0 Å². The first kappa shape index (κ1) is 17.4. The Morgan fingerprint density at radius 3 is 2.30 bits per heavy atom. The summed E-state index contributed by atoms with van der Waals surface area (Å²) >= 11 is 0. The number of rotatable bonds is 7. The molecule has 1 aliphatic rings. The van der Waals surface area contributed by atoms with E-state index in [0.29, 0.717) is 25.1 Å². The molecule has 20 heavy (non-hydrogen) atoms. The van der Waals surface area contributed by atoms with Crippen molar-refractivity contribution < 1.29 is 9.53 Å². The summed E-state index contributed by atoms with van der Waals surface area (Å²) in [6.07, 6.45) is 2.22. The van der Waals surface area contributed by atoms with Gasteiger partial charge in [0, 0.05) is 12.6 Å². The maximum absolute atomic E-state index is 12.5.